The molecule has 34 heavy (non-hydrogen) atoms. The van der Waals surface area contributed by atoms with Gasteiger partial charge in [-0.05, 0) is 43.2 Å². The zero-order chi connectivity index (χ0) is 23.5. The number of ether oxygens (including phenoxy) is 1. The van der Waals surface area contributed by atoms with Crippen molar-refractivity contribution in [2.45, 2.75) is 18.9 Å². The number of carbonyl (C=O) groups is 1. The van der Waals surface area contributed by atoms with Gasteiger partial charge in [-0.2, -0.15) is 0 Å². The second-order valence-electron chi connectivity index (χ2n) is 8.13. The Bertz CT molecular complexity index is 1350. The highest BCUT2D eigenvalue weighted by molar-refractivity contribution is 5.97. The number of hydrogen-bond donors (Lipinski definition) is 3. The zero-order valence-electron chi connectivity index (χ0n) is 18.4. The standard InChI is InChI=1S/C25H24N6O3/c26-20-9-10-22(18-7-2-1-6-17(18)20)34-23-19(8-3-12-27-23)21-11-13-28-24(30-21)29-16-5-4-14-31(15-16)25(32)33/h1-3,6-13,16H,4-5,14-15,26H2,(H,32,33)(H,28,29,30)/t16-/m1/s1. The van der Waals surface area contributed by atoms with Gasteiger partial charge in [0.1, 0.15) is 5.75 Å². The van der Waals surface area contributed by atoms with Gasteiger partial charge >= 0.3 is 6.09 Å². The summed E-state index contributed by atoms with van der Waals surface area (Å²) in [5.41, 5.74) is 8.17. The third kappa shape index (κ3) is 4.40. The molecule has 1 aliphatic rings. The van der Waals surface area contributed by atoms with Crippen molar-refractivity contribution in [1.82, 2.24) is 19.9 Å². The van der Waals surface area contributed by atoms with Gasteiger partial charge in [-0.15, -0.1) is 0 Å². The second kappa shape index (κ2) is 9.22. The summed E-state index contributed by atoms with van der Waals surface area (Å²) in [6.07, 6.45) is 4.07. The third-order valence-electron chi connectivity index (χ3n) is 5.85. The molecule has 1 fully saturated rings. The fourth-order valence-corrected chi connectivity index (χ4v) is 4.18. The average molecular weight is 457 g/mol. The maximum Gasteiger partial charge on any atom is 0.407 e. The first kappa shape index (κ1) is 21.4. The summed E-state index contributed by atoms with van der Waals surface area (Å²) in [5.74, 6) is 1.49. The number of pyridine rings is 1. The Labute approximate surface area is 196 Å². The molecule has 5 rings (SSSR count). The number of nitrogens with two attached hydrogens (primary N) is 1. The van der Waals surface area contributed by atoms with Gasteiger partial charge in [-0.1, -0.05) is 24.3 Å². The first-order valence-corrected chi connectivity index (χ1v) is 11.1. The van der Waals surface area contributed by atoms with Crippen molar-refractivity contribution in [2.24, 2.45) is 0 Å². The first-order chi connectivity index (χ1) is 16.6. The van der Waals surface area contributed by atoms with Gasteiger partial charge in [0.2, 0.25) is 11.8 Å². The third-order valence-corrected chi connectivity index (χ3v) is 5.85. The van der Waals surface area contributed by atoms with Crippen LogP contribution in [0.1, 0.15) is 12.8 Å². The second-order valence-corrected chi connectivity index (χ2v) is 8.13. The number of nitrogens with one attached hydrogen (secondary N) is 1. The summed E-state index contributed by atoms with van der Waals surface area (Å²) in [4.78, 5) is 26.2. The first-order valence-electron chi connectivity index (χ1n) is 11.1. The smallest absolute Gasteiger partial charge is 0.407 e. The van der Waals surface area contributed by atoms with Crippen LogP contribution in [0.2, 0.25) is 0 Å². The van der Waals surface area contributed by atoms with Gasteiger partial charge in [-0.3, -0.25) is 0 Å². The van der Waals surface area contributed by atoms with Crippen LogP contribution in [0.3, 0.4) is 0 Å². The number of fused-ring (bicyclic) bond motifs is 1. The van der Waals surface area contributed by atoms with Gasteiger partial charge in [0, 0.05) is 48.0 Å². The summed E-state index contributed by atoms with van der Waals surface area (Å²) in [6.45, 7) is 0.943. The minimum atomic E-state index is -0.909. The van der Waals surface area contributed by atoms with E-state index in [0.29, 0.717) is 47.6 Å². The fraction of sp³-hybridized carbons (Fsp3) is 0.200. The van der Waals surface area contributed by atoms with E-state index in [1.807, 2.05) is 48.5 Å². The lowest BCUT2D eigenvalue weighted by Crippen LogP contribution is -2.44. The molecule has 9 heteroatoms. The molecular weight excluding hydrogens is 432 g/mol. The van der Waals surface area contributed by atoms with Crippen LogP contribution in [-0.2, 0) is 0 Å². The highest BCUT2D eigenvalue weighted by Crippen LogP contribution is 2.36. The Kier molecular flexibility index (Phi) is 5.82. The fourth-order valence-electron chi connectivity index (χ4n) is 4.18. The summed E-state index contributed by atoms with van der Waals surface area (Å²) in [5, 5.41) is 14.4. The van der Waals surface area contributed by atoms with Crippen molar-refractivity contribution in [3.63, 3.8) is 0 Å². The van der Waals surface area contributed by atoms with Crippen molar-refractivity contribution in [3.05, 3.63) is 67.0 Å². The lowest BCUT2D eigenvalue weighted by Gasteiger charge is -2.31. The van der Waals surface area contributed by atoms with Crippen LogP contribution in [0.25, 0.3) is 22.0 Å². The van der Waals surface area contributed by atoms with E-state index in [1.165, 1.54) is 4.90 Å². The quantitative estimate of drug-likeness (QED) is 0.371. The number of rotatable bonds is 5. The molecule has 0 unspecified atom stereocenters. The Balaban J connectivity index is 1.42. The number of anilines is 2. The minimum Gasteiger partial charge on any atom is -0.465 e. The Morgan fingerprint density at radius 2 is 1.91 bits per heavy atom. The van der Waals surface area contributed by atoms with Crippen LogP contribution in [-0.4, -0.2) is 50.2 Å². The summed E-state index contributed by atoms with van der Waals surface area (Å²) in [6, 6.07) is 16.9. The van der Waals surface area contributed by atoms with Crippen LogP contribution < -0.4 is 15.8 Å². The molecule has 0 spiro atoms. The van der Waals surface area contributed by atoms with E-state index < -0.39 is 6.09 Å². The molecule has 1 amide bonds. The number of amides is 1. The molecule has 0 radical (unpaired) electrons. The highest BCUT2D eigenvalue weighted by Gasteiger charge is 2.24. The molecule has 4 aromatic rings. The Hall–Kier alpha value is -4.40. The van der Waals surface area contributed by atoms with Crippen LogP contribution >= 0.6 is 0 Å². The number of nitrogens with zero attached hydrogens (tertiary/aromatic N) is 4. The van der Waals surface area contributed by atoms with Crippen LogP contribution in [0.5, 0.6) is 11.6 Å². The van der Waals surface area contributed by atoms with E-state index >= 15 is 0 Å². The predicted octanol–water partition coefficient (Wildman–Crippen LogP) is 4.62. The van der Waals surface area contributed by atoms with Gasteiger partial charge in [0.25, 0.3) is 0 Å². The van der Waals surface area contributed by atoms with Gasteiger partial charge in [0.05, 0.1) is 11.3 Å². The van der Waals surface area contributed by atoms with Crippen molar-refractivity contribution in [2.75, 3.05) is 24.1 Å². The molecule has 3 heterocycles. The van der Waals surface area contributed by atoms with Crippen molar-refractivity contribution in [3.8, 4) is 22.9 Å². The lowest BCUT2D eigenvalue weighted by atomic mass is 10.1. The normalized spacial score (nSPS) is 15.8. The number of hydrogen-bond acceptors (Lipinski definition) is 7. The zero-order valence-corrected chi connectivity index (χ0v) is 18.4. The largest absolute Gasteiger partial charge is 0.465 e. The van der Waals surface area contributed by atoms with Gasteiger partial charge in [0.15, 0.2) is 0 Å². The lowest BCUT2D eigenvalue weighted by molar-refractivity contribution is 0.132. The molecule has 0 aliphatic carbocycles. The van der Waals surface area contributed by atoms with Gasteiger partial charge in [-0.25, -0.2) is 19.7 Å². The van der Waals surface area contributed by atoms with Gasteiger partial charge < -0.3 is 25.8 Å². The molecule has 2 aromatic carbocycles. The van der Waals surface area contributed by atoms with E-state index in [0.717, 1.165) is 23.6 Å². The number of likely N-dealkylation sites (tertiary alicyclic amines) is 1. The summed E-state index contributed by atoms with van der Waals surface area (Å²) in [7, 11) is 0. The highest BCUT2D eigenvalue weighted by atomic mass is 16.5. The average Bonchev–Trinajstić information content (AvgIpc) is 2.86. The Morgan fingerprint density at radius 1 is 1.06 bits per heavy atom. The molecule has 9 nitrogen and oxygen atoms in total. The summed E-state index contributed by atoms with van der Waals surface area (Å²) < 4.78 is 6.24. The number of carboxylic acid groups (broad SMARTS) is 1. The van der Waals surface area contributed by atoms with E-state index in [-0.39, 0.29) is 6.04 Å². The van der Waals surface area contributed by atoms with E-state index in [9.17, 15) is 9.90 Å². The number of nitrogen functional groups attached to an aromatic ring is 1. The van der Waals surface area contributed by atoms with Crippen LogP contribution in [0.4, 0.5) is 16.4 Å². The molecule has 1 atom stereocenters. The Morgan fingerprint density at radius 3 is 2.76 bits per heavy atom. The molecule has 1 aliphatic heterocycles. The molecule has 1 saturated heterocycles. The molecule has 0 bridgehead atoms. The monoisotopic (exact) mass is 456 g/mol. The predicted molar refractivity (Wildman–Crippen MR) is 130 cm³/mol. The molecule has 0 saturated carbocycles. The van der Waals surface area contributed by atoms with E-state index in [2.05, 4.69) is 20.3 Å². The molecular formula is C25H24N6O3. The van der Waals surface area contributed by atoms with Crippen molar-refractivity contribution in [1.29, 1.82) is 0 Å². The summed E-state index contributed by atoms with van der Waals surface area (Å²) >= 11 is 0. The SMILES string of the molecule is Nc1ccc(Oc2ncccc2-c2ccnc(N[C@@H]3CCCN(C(=O)O)C3)n2)c2ccccc12. The topological polar surface area (TPSA) is 126 Å². The van der Waals surface area contributed by atoms with E-state index in [4.69, 9.17) is 10.5 Å². The molecule has 2 aromatic heterocycles. The van der Waals surface area contributed by atoms with Crippen LogP contribution in [0.15, 0.2) is 67.0 Å². The number of aromatic nitrogens is 3. The van der Waals surface area contributed by atoms with Crippen molar-refractivity contribution >= 4 is 28.5 Å². The maximum absolute atomic E-state index is 11.3. The minimum absolute atomic E-state index is 0.0501. The molecule has 172 valence electrons. The van der Waals surface area contributed by atoms with E-state index in [1.54, 1.807) is 18.5 Å². The molecule has 4 N–H and O–H groups in total. The maximum atomic E-state index is 11.3. The van der Waals surface area contributed by atoms with Crippen molar-refractivity contribution < 1.29 is 14.6 Å². The number of piperidine rings is 1. The van der Waals surface area contributed by atoms with Crippen LogP contribution in [0, 0.1) is 0 Å². The number of benzene rings is 2.